The van der Waals surface area contributed by atoms with Crippen LogP contribution in [0.25, 0.3) is 10.8 Å². The summed E-state index contributed by atoms with van der Waals surface area (Å²) in [5.41, 5.74) is 0.943. The molecule has 0 saturated heterocycles. The average molecular weight is 393 g/mol. The van der Waals surface area contributed by atoms with Crippen LogP contribution in [0.15, 0.2) is 60.7 Å². The Labute approximate surface area is 171 Å². The number of hydrogen-bond acceptors (Lipinski definition) is 4. The second kappa shape index (κ2) is 9.32. The van der Waals surface area contributed by atoms with E-state index in [1.54, 1.807) is 0 Å². The number of carbonyl (C=O) groups excluding carboxylic acids is 1. The zero-order valence-corrected chi connectivity index (χ0v) is 17.3. The van der Waals surface area contributed by atoms with Gasteiger partial charge in [-0.3, -0.25) is 0 Å². The molecule has 3 aromatic carbocycles. The van der Waals surface area contributed by atoms with Crippen LogP contribution in [0.4, 0.5) is 4.79 Å². The molecule has 3 aromatic rings. The third-order valence-electron chi connectivity index (χ3n) is 4.34. The number of rotatable bonds is 7. The Balaban J connectivity index is 1.71. The van der Waals surface area contributed by atoms with E-state index in [-0.39, 0.29) is 12.2 Å². The van der Waals surface area contributed by atoms with Crippen molar-refractivity contribution >= 4 is 16.9 Å². The largest absolute Gasteiger partial charge is 0.491 e. The first-order valence-electron chi connectivity index (χ1n) is 9.87. The predicted octanol–water partition coefficient (Wildman–Crippen LogP) is 6.23. The van der Waals surface area contributed by atoms with E-state index in [0.717, 1.165) is 33.6 Å². The monoisotopic (exact) mass is 393 g/mol. The molecule has 0 fully saturated rings. The lowest BCUT2D eigenvalue weighted by molar-refractivity contribution is 0.107. The number of benzene rings is 3. The van der Waals surface area contributed by atoms with Crippen molar-refractivity contribution < 1.29 is 19.0 Å². The van der Waals surface area contributed by atoms with Gasteiger partial charge in [0.25, 0.3) is 0 Å². The molecule has 1 atom stereocenters. The molecule has 29 heavy (non-hydrogen) atoms. The lowest BCUT2D eigenvalue weighted by Gasteiger charge is -2.15. The van der Waals surface area contributed by atoms with Gasteiger partial charge in [-0.25, -0.2) is 4.79 Å². The molecule has 1 N–H and O–H groups in total. The van der Waals surface area contributed by atoms with Crippen molar-refractivity contribution in [2.24, 2.45) is 0 Å². The molecule has 0 aromatic heterocycles. The third-order valence-corrected chi connectivity index (χ3v) is 4.34. The van der Waals surface area contributed by atoms with E-state index in [1.165, 1.54) is 0 Å². The molecule has 5 heteroatoms. The molecule has 152 valence electrons. The molecule has 0 bridgehead atoms. The first-order chi connectivity index (χ1) is 13.9. The summed E-state index contributed by atoms with van der Waals surface area (Å²) in [5, 5.41) is 4.75. The summed E-state index contributed by atoms with van der Waals surface area (Å²) in [7, 11) is 0. The van der Waals surface area contributed by atoms with Crippen LogP contribution in [-0.2, 0) is 4.74 Å². The molecule has 0 heterocycles. The summed E-state index contributed by atoms with van der Waals surface area (Å²) >= 11 is 0. The van der Waals surface area contributed by atoms with Crippen LogP contribution >= 0.6 is 0 Å². The maximum Gasteiger partial charge on any atom is 0.407 e. The summed E-state index contributed by atoms with van der Waals surface area (Å²) < 4.78 is 17.0. The minimum Gasteiger partial charge on any atom is -0.491 e. The van der Waals surface area contributed by atoms with Gasteiger partial charge >= 0.3 is 6.09 Å². The maximum atomic E-state index is 11.6. The van der Waals surface area contributed by atoms with Crippen molar-refractivity contribution in [1.82, 2.24) is 5.32 Å². The first-order valence-corrected chi connectivity index (χ1v) is 9.87. The maximum absolute atomic E-state index is 11.6. The minimum atomic E-state index is -0.409. The SMILES string of the molecule is CCNC(=O)OC(C)c1ccc2cc(Oc3ccc(OC(C)C)cc3)ccc2c1. The molecule has 0 radical (unpaired) electrons. The van der Waals surface area contributed by atoms with E-state index < -0.39 is 6.09 Å². The number of carbonyl (C=O) groups is 1. The lowest BCUT2D eigenvalue weighted by Crippen LogP contribution is -2.24. The van der Waals surface area contributed by atoms with Crippen LogP contribution in [0.1, 0.15) is 39.4 Å². The molecule has 0 aliphatic heterocycles. The smallest absolute Gasteiger partial charge is 0.407 e. The van der Waals surface area contributed by atoms with Crippen LogP contribution in [0.5, 0.6) is 17.2 Å². The number of hydrogen-bond donors (Lipinski definition) is 1. The van der Waals surface area contributed by atoms with Gasteiger partial charge in [-0.1, -0.05) is 18.2 Å². The summed E-state index contributed by atoms with van der Waals surface area (Å²) in [6, 6.07) is 19.5. The highest BCUT2D eigenvalue weighted by atomic mass is 16.6. The van der Waals surface area contributed by atoms with E-state index >= 15 is 0 Å². The van der Waals surface area contributed by atoms with Crippen molar-refractivity contribution in [1.29, 1.82) is 0 Å². The fourth-order valence-electron chi connectivity index (χ4n) is 2.97. The second-order valence-electron chi connectivity index (χ2n) is 7.09. The lowest BCUT2D eigenvalue weighted by atomic mass is 10.0. The van der Waals surface area contributed by atoms with Crippen molar-refractivity contribution in [2.75, 3.05) is 6.54 Å². The van der Waals surface area contributed by atoms with Crippen molar-refractivity contribution in [3.8, 4) is 17.2 Å². The first kappa shape index (κ1) is 20.5. The van der Waals surface area contributed by atoms with Gasteiger partial charge in [-0.2, -0.15) is 0 Å². The fraction of sp³-hybridized carbons (Fsp3) is 0.292. The molecule has 0 spiro atoms. The minimum absolute atomic E-state index is 0.140. The van der Waals surface area contributed by atoms with Gasteiger partial charge < -0.3 is 19.5 Å². The van der Waals surface area contributed by atoms with Gasteiger partial charge in [0.05, 0.1) is 6.10 Å². The molecule has 1 unspecified atom stereocenters. The average Bonchev–Trinajstić information content (AvgIpc) is 2.69. The number of nitrogens with one attached hydrogen (secondary N) is 1. The second-order valence-corrected chi connectivity index (χ2v) is 7.09. The molecule has 0 saturated carbocycles. The van der Waals surface area contributed by atoms with E-state index in [0.29, 0.717) is 6.54 Å². The van der Waals surface area contributed by atoms with Gasteiger partial charge in [0.15, 0.2) is 0 Å². The van der Waals surface area contributed by atoms with E-state index in [1.807, 2.05) is 88.4 Å². The van der Waals surface area contributed by atoms with Gasteiger partial charge in [0.1, 0.15) is 23.4 Å². The zero-order valence-electron chi connectivity index (χ0n) is 17.3. The molecule has 0 aliphatic carbocycles. The van der Waals surface area contributed by atoms with Crippen molar-refractivity contribution in [2.45, 2.75) is 39.9 Å². The van der Waals surface area contributed by atoms with E-state index in [2.05, 4.69) is 5.32 Å². The van der Waals surface area contributed by atoms with Crippen LogP contribution in [0.3, 0.4) is 0 Å². The molecule has 0 aliphatic rings. The standard InChI is InChI=1S/C24H27NO4/c1-5-25-24(26)28-17(4)18-6-7-20-15-23(9-8-19(20)14-18)29-22-12-10-21(11-13-22)27-16(2)3/h6-17H,5H2,1-4H3,(H,25,26). The highest BCUT2D eigenvalue weighted by molar-refractivity contribution is 5.84. The van der Waals surface area contributed by atoms with E-state index in [9.17, 15) is 4.79 Å². The van der Waals surface area contributed by atoms with Crippen LogP contribution in [-0.4, -0.2) is 18.7 Å². The Morgan fingerprint density at radius 1 is 0.862 bits per heavy atom. The number of fused-ring (bicyclic) bond motifs is 1. The fourth-order valence-corrected chi connectivity index (χ4v) is 2.97. The van der Waals surface area contributed by atoms with Gasteiger partial charge in [-0.15, -0.1) is 0 Å². The van der Waals surface area contributed by atoms with E-state index in [4.69, 9.17) is 14.2 Å². The Kier molecular flexibility index (Phi) is 6.60. The zero-order chi connectivity index (χ0) is 20.8. The molecule has 5 nitrogen and oxygen atoms in total. The number of amides is 1. The third kappa shape index (κ3) is 5.64. The van der Waals surface area contributed by atoms with Gasteiger partial charge in [0.2, 0.25) is 0 Å². The Morgan fingerprint density at radius 3 is 2.17 bits per heavy atom. The Bertz CT molecular complexity index is 966. The molecule has 3 rings (SSSR count). The Hall–Kier alpha value is -3.21. The van der Waals surface area contributed by atoms with Crippen molar-refractivity contribution in [3.63, 3.8) is 0 Å². The molecular formula is C24H27NO4. The highest BCUT2D eigenvalue weighted by Crippen LogP contribution is 2.29. The summed E-state index contributed by atoms with van der Waals surface area (Å²) in [5.74, 6) is 2.33. The van der Waals surface area contributed by atoms with Crippen LogP contribution < -0.4 is 14.8 Å². The van der Waals surface area contributed by atoms with Gasteiger partial charge in [0, 0.05) is 6.54 Å². The van der Waals surface area contributed by atoms with Crippen LogP contribution in [0, 0.1) is 0 Å². The Morgan fingerprint density at radius 2 is 1.48 bits per heavy atom. The summed E-state index contributed by atoms with van der Waals surface area (Å²) in [6.07, 6.45) is -0.594. The highest BCUT2D eigenvalue weighted by Gasteiger charge is 2.11. The number of ether oxygens (including phenoxy) is 3. The molecule has 1 amide bonds. The predicted molar refractivity (Wildman–Crippen MR) is 115 cm³/mol. The summed E-state index contributed by atoms with van der Waals surface area (Å²) in [4.78, 5) is 11.6. The normalized spacial score (nSPS) is 11.9. The van der Waals surface area contributed by atoms with Gasteiger partial charge in [-0.05, 0) is 86.5 Å². The van der Waals surface area contributed by atoms with Crippen LogP contribution in [0.2, 0.25) is 0 Å². The quantitative estimate of drug-likeness (QED) is 0.517. The molecular weight excluding hydrogens is 366 g/mol. The summed E-state index contributed by atoms with van der Waals surface area (Å²) in [6.45, 7) is 8.25. The van der Waals surface area contributed by atoms with Crippen molar-refractivity contribution in [3.05, 3.63) is 66.2 Å². The topological polar surface area (TPSA) is 56.8 Å². The number of alkyl carbamates (subject to hydrolysis) is 1.